The Morgan fingerprint density at radius 3 is 1.37 bits per heavy atom. The lowest BCUT2D eigenvalue weighted by atomic mass is 9.13. The van der Waals surface area contributed by atoms with Crippen molar-refractivity contribution in [1.29, 1.82) is 0 Å². The van der Waals surface area contributed by atoms with E-state index in [9.17, 15) is 0 Å². The third kappa shape index (κ3) is 1.67. The van der Waals surface area contributed by atoms with Crippen LogP contribution in [0.15, 0.2) is 36.4 Å². The molecule has 2 nitrogen and oxygen atoms in total. The minimum atomic E-state index is 0.508. The number of benzene rings is 2. The highest BCUT2D eigenvalue weighted by Gasteiger charge is 2.96. The number of hydrogen-bond acceptors (Lipinski definition) is 2. The molecular formula is C39H44O2. The summed E-state index contributed by atoms with van der Waals surface area (Å²) in [6.07, 6.45) is 9.69. The van der Waals surface area contributed by atoms with E-state index in [4.69, 9.17) is 9.47 Å². The van der Waals surface area contributed by atoms with Gasteiger partial charge in [-0.15, -0.1) is 0 Å². The highest BCUT2D eigenvalue weighted by Crippen LogP contribution is 3.00. The molecule has 18 atom stereocenters. The summed E-state index contributed by atoms with van der Waals surface area (Å²) in [5, 5.41) is 2.50. The van der Waals surface area contributed by atoms with Gasteiger partial charge in [-0.1, -0.05) is 64.1 Å². The Morgan fingerprint density at radius 2 is 0.951 bits per heavy atom. The fourth-order valence-corrected chi connectivity index (χ4v) is 18.4. The zero-order valence-electron chi connectivity index (χ0n) is 25.5. The molecule has 212 valence electrons. The van der Waals surface area contributed by atoms with Gasteiger partial charge in [0.1, 0.15) is 11.5 Å². The molecule has 10 aliphatic carbocycles. The highest BCUT2D eigenvalue weighted by molar-refractivity contribution is 5.97. The fraction of sp³-hybridized carbons (Fsp3) is 0.692. The maximum Gasteiger partial charge on any atom is 0.130 e. The van der Waals surface area contributed by atoms with Crippen LogP contribution in [0.1, 0.15) is 69.9 Å². The second-order valence-electron chi connectivity index (χ2n) is 17.7. The highest BCUT2D eigenvalue weighted by atomic mass is 16.5. The predicted molar refractivity (Wildman–Crippen MR) is 160 cm³/mol. The van der Waals surface area contributed by atoms with Crippen molar-refractivity contribution in [2.75, 3.05) is 14.2 Å². The van der Waals surface area contributed by atoms with E-state index in [0.29, 0.717) is 33.5 Å². The average molecular weight is 545 g/mol. The number of rotatable bonds is 2. The Hall–Kier alpha value is -1.96. The van der Waals surface area contributed by atoms with Gasteiger partial charge in [0.05, 0.1) is 14.2 Å². The van der Waals surface area contributed by atoms with Crippen LogP contribution in [0.2, 0.25) is 0 Å². The molecule has 2 unspecified atom stereocenters. The first-order valence-corrected chi connectivity index (χ1v) is 17.1. The molecule has 2 heteroatoms. The van der Waals surface area contributed by atoms with Crippen LogP contribution in [0.5, 0.6) is 11.5 Å². The van der Waals surface area contributed by atoms with Crippen molar-refractivity contribution in [2.45, 2.75) is 58.8 Å². The van der Waals surface area contributed by atoms with E-state index < -0.39 is 0 Å². The van der Waals surface area contributed by atoms with Crippen molar-refractivity contribution in [3.63, 3.8) is 0 Å². The molecule has 41 heavy (non-hydrogen) atoms. The van der Waals surface area contributed by atoms with Crippen LogP contribution in [0.25, 0.3) is 10.8 Å². The van der Waals surface area contributed by atoms with Gasteiger partial charge in [0.15, 0.2) is 0 Å². The standard InChI is InChI=1S/C39H44O2/c1-36-26-16-11-12-17(13-16)27(26)37(36,2)31-23-15-22(30(31)36)32-33(23)39(4)29-21-14-20(28(29)38(32,39)3)24-25(21)35(41-6)19-10-8-7-9-18(19)34(24)40-5/h7-12,16-17,20-23,26-33H,13-15H2,1-6H3/t16-,17?,20-,21+,22+,23-,26+,27?,28-,29+,30-,31+,32+,33-,36+,37-,38-,39+/m0/s1. The Kier molecular flexibility index (Phi) is 3.32. The minimum absolute atomic E-state index is 0.508. The first kappa shape index (κ1) is 22.6. The number of ether oxygens (including phenoxy) is 2. The number of allylic oxidation sites excluding steroid dienone is 2. The predicted octanol–water partition coefficient (Wildman–Crippen LogP) is 8.31. The van der Waals surface area contributed by atoms with Crippen molar-refractivity contribution in [2.24, 2.45) is 92.7 Å². The van der Waals surface area contributed by atoms with Crippen LogP contribution in [0.3, 0.4) is 0 Å². The summed E-state index contributed by atoms with van der Waals surface area (Å²) >= 11 is 0. The van der Waals surface area contributed by atoms with Crippen LogP contribution in [-0.2, 0) is 0 Å². The largest absolute Gasteiger partial charge is 0.496 e. The summed E-state index contributed by atoms with van der Waals surface area (Å²) in [4.78, 5) is 0. The van der Waals surface area contributed by atoms with Gasteiger partial charge in [-0.05, 0) is 124 Å². The smallest absolute Gasteiger partial charge is 0.130 e. The Labute approximate surface area is 244 Å². The molecular weight excluding hydrogens is 500 g/mol. The lowest BCUT2D eigenvalue weighted by Crippen LogP contribution is -2.87. The Bertz CT molecular complexity index is 1570. The van der Waals surface area contributed by atoms with E-state index in [1.54, 1.807) is 17.5 Å². The van der Waals surface area contributed by atoms with Gasteiger partial charge < -0.3 is 9.47 Å². The first-order chi connectivity index (χ1) is 19.8. The maximum atomic E-state index is 6.31. The van der Waals surface area contributed by atoms with E-state index >= 15 is 0 Å². The van der Waals surface area contributed by atoms with Gasteiger partial charge in [0.2, 0.25) is 0 Å². The number of fused-ring (bicyclic) bond motifs is 32. The Balaban J connectivity index is 1.00. The van der Waals surface area contributed by atoms with Crippen molar-refractivity contribution in [1.82, 2.24) is 0 Å². The molecule has 0 amide bonds. The van der Waals surface area contributed by atoms with Crippen LogP contribution in [0.4, 0.5) is 0 Å². The normalized spacial score (nSPS) is 62.4. The quantitative estimate of drug-likeness (QED) is 0.215. The second kappa shape index (κ2) is 6.03. The molecule has 8 fully saturated rings. The topological polar surface area (TPSA) is 18.5 Å². The van der Waals surface area contributed by atoms with E-state index in [1.165, 1.54) is 23.6 Å². The average Bonchev–Trinajstić information content (AvgIpc) is 3.83. The molecule has 0 saturated heterocycles. The molecule has 12 rings (SSSR count). The van der Waals surface area contributed by atoms with Gasteiger partial charge in [0, 0.05) is 21.9 Å². The second-order valence-corrected chi connectivity index (χ2v) is 17.7. The molecule has 0 N–H and O–H groups in total. The zero-order valence-corrected chi connectivity index (χ0v) is 25.5. The van der Waals surface area contributed by atoms with Crippen molar-refractivity contribution < 1.29 is 9.47 Å². The minimum Gasteiger partial charge on any atom is -0.496 e. The zero-order chi connectivity index (χ0) is 27.3. The first-order valence-electron chi connectivity index (χ1n) is 17.1. The molecule has 0 spiro atoms. The summed E-state index contributed by atoms with van der Waals surface area (Å²) in [5.41, 5.74) is 5.35. The third-order valence-electron chi connectivity index (χ3n) is 18.6. The molecule has 2 aromatic rings. The summed E-state index contributed by atoms with van der Waals surface area (Å²) in [5.74, 6) is 15.1. The van der Waals surface area contributed by atoms with E-state index in [1.807, 2.05) is 14.2 Å². The van der Waals surface area contributed by atoms with Crippen LogP contribution in [-0.4, -0.2) is 14.2 Å². The molecule has 8 saturated carbocycles. The van der Waals surface area contributed by atoms with Gasteiger partial charge in [-0.3, -0.25) is 0 Å². The summed E-state index contributed by atoms with van der Waals surface area (Å²) < 4.78 is 12.6. The Morgan fingerprint density at radius 1 is 0.537 bits per heavy atom. The van der Waals surface area contributed by atoms with Gasteiger partial charge in [-0.2, -0.15) is 0 Å². The monoisotopic (exact) mass is 544 g/mol. The molecule has 0 heterocycles. The van der Waals surface area contributed by atoms with Gasteiger partial charge >= 0.3 is 0 Å². The van der Waals surface area contributed by atoms with Crippen LogP contribution < -0.4 is 9.47 Å². The molecule has 0 radical (unpaired) electrons. The fourth-order valence-electron chi connectivity index (χ4n) is 18.4. The molecule has 0 aliphatic heterocycles. The maximum absolute atomic E-state index is 6.31. The molecule has 0 aromatic heterocycles. The van der Waals surface area contributed by atoms with Crippen LogP contribution >= 0.6 is 0 Å². The van der Waals surface area contributed by atoms with Crippen molar-refractivity contribution in [3.8, 4) is 11.5 Å². The molecule has 2 aromatic carbocycles. The summed E-state index contributed by atoms with van der Waals surface area (Å²) in [6.45, 7) is 11.2. The van der Waals surface area contributed by atoms with E-state index in [0.717, 1.165) is 82.5 Å². The summed E-state index contributed by atoms with van der Waals surface area (Å²) in [7, 11) is 3.82. The van der Waals surface area contributed by atoms with Crippen molar-refractivity contribution in [3.05, 3.63) is 47.5 Å². The van der Waals surface area contributed by atoms with Crippen molar-refractivity contribution >= 4 is 10.8 Å². The SMILES string of the molecule is COc1c2c(c(OC)c3ccccc13)[C@@H]1C[C@H]2[C@@H]2[C@H]1[C@@]1(C)[C@@H]3[C@@H]4C[C@H]([C@@H]3[C@@]21C)[C@@H]1[C@H]4[C@@]2(C)[C@H]3C(C4C=C[C@H]3C4)[C@@]12C. The molecule has 10 aliphatic rings. The van der Waals surface area contributed by atoms with Gasteiger partial charge in [-0.25, -0.2) is 0 Å². The summed E-state index contributed by atoms with van der Waals surface area (Å²) in [6, 6.07) is 8.85. The van der Waals surface area contributed by atoms with E-state index in [2.05, 4.69) is 64.1 Å². The van der Waals surface area contributed by atoms with E-state index in [-0.39, 0.29) is 0 Å². The third-order valence-corrected chi connectivity index (χ3v) is 18.6. The van der Waals surface area contributed by atoms with Gasteiger partial charge in [0.25, 0.3) is 0 Å². The number of methoxy groups -OCH3 is 2. The lowest BCUT2D eigenvalue weighted by Gasteiger charge is -2.90. The lowest BCUT2D eigenvalue weighted by molar-refractivity contribution is -0.433. The number of hydrogen-bond donors (Lipinski definition) is 0. The molecule has 6 bridgehead atoms. The van der Waals surface area contributed by atoms with Crippen LogP contribution in [0, 0.1) is 92.7 Å².